The van der Waals surface area contributed by atoms with Crippen molar-refractivity contribution in [2.45, 2.75) is 0 Å². The predicted molar refractivity (Wildman–Crippen MR) is 211 cm³/mol. The van der Waals surface area contributed by atoms with E-state index in [4.69, 9.17) is 0 Å². The van der Waals surface area contributed by atoms with Crippen LogP contribution in [0.1, 0.15) is 0 Å². The molecule has 8 aromatic carbocycles. The third kappa shape index (κ3) is 4.55. The van der Waals surface area contributed by atoms with Crippen molar-refractivity contribution in [2.75, 3.05) is 4.90 Å². The van der Waals surface area contributed by atoms with E-state index in [9.17, 15) is 0 Å². The topological polar surface area (TPSA) is 8.17 Å². The van der Waals surface area contributed by atoms with E-state index in [1.807, 2.05) is 11.3 Å². The molecule has 2 aromatic heterocycles. The molecule has 2 nitrogen and oxygen atoms in total. The molecule has 0 aliphatic rings. The average Bonchev–Trinajstić information content (AvgIpc) is 3.70. The molecule has 2 heterocycles. The molecular weight excluding hydrogens is 613 g/mol. The zero-order chi connectivity index (χ0) is 32.3. The molecule has 10 aromatic rings. The van der Waals surface area contributed by atoms with Gasteiger partial charge in [0, 0.05) is 43.3 Å². The quantitative estimate of drug-likeness (QED) is 0.181. The fourth-order valence-electron chi connectivity index (χ4n) is 7.48. The summed E-state index contributed by atoms with van der Waals surface area (Å²) in [5.74, 6) is 0. The number of nitrogens with zero attached hydrogens (tertiary/aromatic N) is 2. The largest absolute Gasteiger partial charge is 0.309 e. The highest BCUT2D eigenvalue weighted by molar-refractivity contribution is 7.26. The van der Waals surface area contributed by atoms with E-state index in [0.29, 0.717) is 0 Å². The molecule has 0 fully saturated rings. The maximum absolute atomic E-state index is 2.45. The van der Waals surface area contributed by atoms with Crippen LogP contribution in [0, 0.1) is 0 Å². The molecule has 0 radical (unpaired) electrons. The van der Waals surface area contributed by atoms with Gasteiger partial charge in [-0.05, 0) is 88.6 Å². The van der Waals surface area contributed by atoms with Crippen LogP contribution >= 0.6 is 11.3 Å². The molecule has 0 amide bonds. The van der Waals surface area contributed by atoms with Crippen LogP contribution in [0.4, 0.5) is 17.1 Å². The summed E-state index contributed by atoms with van der Waals surface area (Å²) >= 11 is 1.87. The SMILES string of the molecule is c1ccc(-c2cccc(N(c3ccc4c(c3)c3cc5ccccc5cc3n4-c3ccccc3)c3cccc4c3sc3ccccc34)c2)cc1. The lowest BCUT2D eigenvalue weighted by atomic mass is 10.0. The van der Waals surface area contributed by atoms with Crippen LogP contribution in [0.2, 0.25) is 0 Å². The van der Waals surface area contributed by atoms with E-state index in [1.54, 1.807) is 0 Å². The second-order valence-corrected chi connectivity index (χ2v) is 13.6. The highest BCUT2D eigenvalue weighted by Crippen LogP contribution is 2.46. The lowest BCUT2D eigenvalue weighted by Gasteiger charge is -2.27. The smallest absolute Gasteiger partial charge is 0.0640 e. The third-order valence-corrected chi connectivity index (χ3v) is 10.9. The third-order valence-electron chi connectivity index (χ3n) is 9.72. The average molecular weight is 643 g/mol. The van der Waals surface area contributed by atoms with Gasteiger partial charge in [-0.25, -0.2) is 0 Å². The molecule has 0 saturated carbocycles. The maximum atomic E-state index is 2.45. The van der Waals surface area contributed by atoms with E-state index in [0.717, 1.165) is 17.1 Å². The van der Waals surface area contributed by atoms with Gasteiger partial charge >= 0.3 is 0 Å². The summed E-state index contributed by atoms with van der Waals surface area (Å²) < 4.78 is 5.00. The van der Waals surface area contributed by atoms with Crippen LogP contribution in [0.25, 0.3) is 69.6 Å². The summed E-state index contributed by atoms with van der Waals surface area (Å²) in [4.78, 5) is 2.45. The van der Waals surface area contributed by atoms with Gasteiger partial charge in [0.2, 0.25) is 0 Å². The Morgan fingerprint density at radius 2 is 1.06 bits per heavy atom. The van der Waals surface area contributed by atoms with Gasteiger partial charge in [0.05, 0.1) is 21.4 Å². The molecule has 49 heavy (non-hydrogen) atoms. The van der Waals surface area contributed by atoms with Crippen LogP contribution in [-0.4, -0.2) is 4.57 Å². The van der Waals surface area contributed by atoms with Gasteiger partial charge in [-0.3, -0.25) is 0 Å². The molecule has 0 spiro atoms. The Kier molecular flexibility index (Phi) is 6.39. The number of hydrogen-bond acceptors (Lipinski definition) is 2. The van der Waals surface area contributed by atoms with Crippen molar-refractivity contribution in [3.63, 3.8) is 0 Å². The summed E-state index contributed by atoms with van der Waals surface area (Å²) in [5, 5.41) is 7.56. The van der Waals surface area contributed by atoms with Crippen LogP contribution < -0.4 is 4.90 Å². The minimum absolute atomic E-state index is 1.13. The van der Waals surface area contributed by atoms with Crippen molar-refractivity contribution >= 4 is 81.1 Å². The molecule has 0 aliphatic carbocycles. The minimum atomic E-state index is 1.13. The Hall–Kier alpha value is -6.16. The molecule has 3 heteroatoms. The molecule has 10 rings (SSSR count). The zero-order valence-corrected chi connectivity index (χ0v) is 27.4. The van der Waals surface area contributed by atoms with E-state index >= 15 is 0 Å². The predicted octanol–water partition coefficient (Wildman–Crippen LogP) is 13.4. The lowest BCUT2D eigenvalue weighted by molar-refractivity contribution is 1.18. The van der Waals surface area contributed by atoms with Gasteiger partial charge in [-0.2, -0.15) is 0 Å². The molecular formula is C46H30N2S. The van der Waals surface area contributed by atoms with Crippen LogP contribution in [0.15, 0.2) is 182 Å². The van der Waals surface area contributed by atoms with E-state index in [-0.39, 0.29) is 0 Å². The Bertz CT molecular complexity index is 2830. The highest BCUT2D eigenvalue weighted by Gasteiger charge is 2.21. The second kappa shape index (κ2) is 11.2. The van der Waals surface area contributed by atoms with Gasteiger partial charge in [-0.1, -0.05) is 115 Å². The Labute approximate surface area is 288 Å². The summed E-state index contributed by atoms with van der Waals surface area (Å²) in [5.41, 5.74) is 9.40. The van der Waals surface area contributed by atoms with Crippen molar-refractivity contribution in [3.05, 3.63) is 182 Å². The molecule has 0 unspecified atom stereocenters. The number of benzene rings is 8. The van der Waals surface area contributed by atoms with E-state index in [2.05, 4.69) is 191 Å². The van der Waals surface area contributed by atoms with E-state index in [1.165, 1.54) is 69.6 Å². The number of rotatable bonds is 5. The number of anilines is 3. The van der Waals surface area contributed by atoms with Gasteiger partial charge in [-0.15, -0.1) is 11.3 Å². The normalized spacial score (nSPS) is 11.7. The Morgan fingerprint density at radius 1 is 0.408 bits per heavy atom. The Balaban J connectivity index is 1.27. The van der Waals surface area contributed by atoms with Crippen molar-refractivity contribution < 1.29 is 0 Å². The van der Waals surface area contributed by atoms with Gasteiger partial charge in [0.1, 0.15) is 0 Å². The van der Waals surface area contributed by atoms with Crippen molar-refractivity contribution in [2.24, 2.45) is 0 Å². The minimum Gasteiger partial charge on any atom is -0.309 e. The van der Waals surface area contributed by atoms with E-state index < -0.39 is 0 Å². The summed E-state index contributed by atoms with van der Waals surface area (Å²) in [6.07, 6.45) is 0. The van der Waals surface area contributed by atoms with Gasteiger partial charge in [0.15, 0.2) is 0 Å². The monoisotopic (exact) mass is 642 g/mol. The second-order valence-electron chi connectivity index (χ2n) is 12.6. The van der Waals surface area contributed by atoms with Crippen LogP contribution in [0.5, 0.6) is 0 Å². The first-order valence-corrected chi connectivity index (χ1v) is 17.5. The van der Waals surface area contributed by atoms with Crippen molar-refractivity contribution in [1.82, 2.24) is 4.57 Å². The fourth-order valence-corrected chi connectivity index (χ4v) is 8.68. The number of fused-ring (bicyclic) bond motifs is 7. The number of hydrogen-bond donors (Lipinski definition) is 0. The first kappa shape index (κ1) is 27.9. The number of thiophene rings is 1. The first-order chi connectivity index (χ1) is 24.3. The van der Waals surface area contributed by atoms with Gasteiger partial charge < -0.3 is 9.47 Å². The lowest BCUT2D eigenvalue weighted by Crippen LogP contribution is -2.10. The summed E-state index contributed by atoms with van der Waals surface area (Å²) in [7, 11) is 0. The number of para-hydroxylation sites is 1. The van der Waals surface area contributed by atoms with Crippen LogP contribution in [0.3, 0.4) is 0 Å². The Morgan fingerprint density at radius 3 is 1.92 bits per heavy atom. The molecule has 0 saturated heterocycles. The molecule has 0 atom stereocenters. The summed E-state index contributed by atoms with van der Waals surface area (Å²) in [6.45, 7) is 0. The maximum Gasteiger partial charge on any atom is 0.0640 e. The zero-order valence-electron chi connectivity index (χ0n) is 26.6. The molecule has 0 aliphatic heterocycles. The number of aromatic nitrogens is 1. The van der Waals surface area contributed by atoms with Crippen LogP contribution in [-0.2, 0) is 0 Å². The van der Waals surface area contributed by atoms with Gasteiger partial charge in [0.25, 0.3) is 0 Å². The molecule has 0 N–H and O–H groups in total. The molecule has 0 bridgehead atoms. The molecule has 230 valence electrons. The summed E-state index contributed by atoms with van der Waals surface area (Å²) in [6, 6.07) is 66.2. The highest BCUT2D eigenvalue weighted by atomic mass is 32.1. The van der Waals surface area contributed by atoms with Crippen molar-refractivity contribution in [1.29, 1.82) is 0 Å². The fraction of sp³-hybridized carbons (Fsp3) is 0. The standard InChI is InChI=1S/C46H30N2S/c1-3-13-31(14-4-1)32-17-11-20-36(27-32)47(43-23-12-22-39-38-21-9-10-24-45(38)49-46(39)43)37-25-26-42-41(30-37)40-28-33-15-7-8-16-34(33)29-44(40)48(42)35-18-5-2-6-19-35/h1-30H. The first-order valence-electron chi connectivity index (χ1n) is 16.7. The van der Waals surface area contributed by atoms with Crippen molar-refractivity contribution in [3.8, 4) is 16.8 Å².